The Kier molecular flexibility index (Phi) is 10.5. The molecule has 1 heterocycles. The van der Waals surface area contributed by atoms with Crippen LogP contribution in [0.5, 0.6) is 11.5 Å². The van der Waals surface area contributed by atoms with Gasteiger partial charge in [-0.2, -0.15) is 0 Å². The van der Waals surface area contributed by atoms with E-state index in [1.165, 1.54) is 6.07 Å². The lowest BCUT2D eigenvalue weighted by atomic mass is 10.2. The van der Waals surface area contributed by atoms with Gasteiger partial charge in [-0.15, -0.1) is 17.5 Å². The number of halogens is 3. The number of aryl methyl sites for hydroxylation is 1. The first kappa shape index (κ1) is 25.4. The number of benzene rings is 2. The minimum atomic E-state index is -0.290. The molecule has 0 spiro atoms. The van der Waals surface area contributed by atoms with Gasteiger partial charge in [-0.05, 0) is 63.1 Å². The molecule has 0 unspecified atom stereocenters. The Labute approximate surface area is 199 Å². The van der Waals surface area contributed by atoms with Crippen LogP contribution in [-0.4, -0.2) is 39.6 Å². The van der Waals surface area contributed by atoms with E-state index in [1.54, 1.807) is 41.8 Å². The third kappa shape index (κ3) is 7.34. The zero-order chi connectivity index (χ0) is 21.3. The first-order valence-corrected chi connectivity index (χ1v) is 11.1. The van der Waals surface area contributed by atoms with Crippen LogP contribution in [0, 0.1) is 5.82 Å². The lowest BCUT2D eigenvalue weighted by molar-refractivity contribution is 0.277. The largest absolute Gasteiger partial charge is 0.493 e. The molecule has 3 aromatic rings. The Morgan fingerprint density at radius 1 is 1.26 bits per heavy atom. The summed E-state index contributed by atoms with van der Waals surface area (Å²) in [4.78, 5) is 0. The van der Waals surface area contributed by atoms with Gasteiger partial charge in [0, 0.05) is 24.9 Å². The summed E-state index contributed by atoms with van der Waals surface area (Å²) in [5, 5.41) is 15.6. The Morgan fingerprint density at radius 2 is 2.06 bits per heavy atom. The Balaban J connectivity index is 0.00000341. The second-order valence-corrected chi connectivity index (χ2v) is 8.37. The number of nitrogens with zero attached hydrogens (tertiary/aromatic N) is 4. The smallest absolute Gasteiger partial charge is 0.209 e. The van der Waals surface area contributed by atoms with Crippen molar-refractivity contribution < 1.29 is 13.9 Å². The number of hydrogen-bond donors (Lipinski definition) is 1. The molecule has 31 heavy (non-hydrogen) atoms. The maximum absolute atomic E-state index is 13.8. The summed E-state index contributed by atoms with van der Waals surface area (Å²) in [6.45, 7) is 1.68. The first-order chi connectivity index (χ1) is 14.6. The molecule has 3 rings (SSSR count). The molecule has 0 atom stereocenters. The maximum atomic E-state index is 13.8. The van der Waals surface area contributed by atoms with Crippen molar-refractivity contribution in [3.8, 4) is 11.5 Å². The van der Waals surface area contributed by atoms with Crippen LogP contribution in [-0.2, 0) is 20.2 Å². The molecule has 0 radical (unpaired) electrons. The van der Waals surface area contributed by atoms with Crippen molar-refractivity contribution in [3.63, 3.8) is 0 Å². The van der Waals surface area contributed by atoms with E-state index in [0.717, 1.165) is 33.9 Å². The number of methoxy groups -OCH3 is 1. The summed E-state index contributed by atoms with van der Waals surface area (Å²) in [6.07, 6.45) is 0.986. The Hall–Kier alpha value is -1.88. The Morgan fingerprint density at radius 3 is 2.77 bits per heavy atom. The van der Waals surface area contributed by atoms with Gasteiger partial charge in [-0.1, -0.05) is 30.0 Å². The van der Waals surface area contributed by atoms with Crippen molar-refractivity contribution in [2.75, 3.05) is 19.4 Å². The van der Waals surface area contributed by atoms with Gasteiger partial charge in [0.25, 0.3) is 0 Å². The number of aromatic nitrogens is 4. The van der Waals surface area contributed by atoms with E-state index in [2.05, 4.69) is 36.8 Å². The molecule has 0 amide bonds. The molecule has 1 aromatic heterocycles. The van der Waals surface area contributed by atoms with Crippen molar-refractivity contribution in [2.24, 2.45) is 7.05 Å². The van der Waals surface area contributed by atoms with E-state index >= 15 is 0 Å². The number of thioether (sulfide) groups is 1. The summed E-state index contributed by atoms with van der Waals surface area (Å²) >= 11 is 5.17. The van der Waals surface area contributed by atoms with E-state index in [0.29, 0.717) is 23.6 Å². The van der Waals surface area contributed by atoms with Gasteiger partial charge in [0.15, 0.2) is 11.5 Å². The van der Waals surface area contributed by atoms with Gasteiger partial charge in [0.2, 0.25) is 5.16 Å². The Bertz CT molecular complexity index is 978. The van der Waals surface area contributed by atoms with Crippen molar-refractivity contribution >= 4 is 40.1 Å². The van der Waals surface area contributed by atoms with Gasteiger partial charge in [-0.3, -0.25) is 0 Å². The monoisotopic (exact) mass is 531 g/mol. The third-order valence-corrected chi connectivity index (χ3v) is 5.94. The zero-order valence-corrected chi connectivity index (χ0v) is 20.4. The number of rotatable bonds is 11. The molecule has 7 nitrogen and oxygen atoms in total. The van der Waals surface area contributed by atoms with Crippen molar-refractivity contribution in [1.29, 1.82) is 0 Å². The molecule has 0 aliphatic heterocycles. The van der Waals surface area contributed by atoms with Crippen molar-refractivity contribution in [1.82, 2.24) is 25.5 Å². The minimum absolute atomic E-state index is 0. The molecule has 0 bridgehead atoms. The SMILES string of the molecule is COc1cc(CNCCCSc2nnnn2C)cc(Br)c1OCc1ccccc1F.Cl. The van der Waals surface area contributed by atoms with Gasteiger partial charge in [0.05, 0.1) is 11.6 Å². The molecule has 1 N–H and O–H groups in total. The summed E-state index contributed by atoms with van der Waals surface area (Å²) < 4.78 is 27.6. The second kappa shape index (κ2) is 12.8. The summed E-state index contributed by atoms with van der Waals surface area (Å²) in [6, 6.07) is 10.5. The fraction of sp³-hybridized carbons (Fsp3) is 0.350. The van der Waals surface area contributed by atoms with Crippen LogP contribution < -0.4 is 14.8 Å². The molecule has 0 aliphatic carbocycles. The number of nitrogens with one attached hydrogen (secondary N) is 1. The van der Waals surface area contributed by atoms with E-state index in [-0.39, 0.29) is 24.8 Å². The summed E-state index contributed by atoms with van der Waals surface area (Å²) in [7, 11) is 3.42. The molecule has 168 valence electrons. The fourth-order valence-corrected chi connectivity index (χ4v) is 4.11. The molecule has 0 fully saturated rings. The molecular formula is C20H24BrClFN5O2S. The molecule has 2 aromatic carbocycles. The summed E-state index contributed by atoms with van der Waals surface area (Å²) in [5.74, 6) is 1.79. The number of ether oxygens (including phenoxy) is 2. The van der Waals surface area contributed by atoms with Crippen LogP contribution in [0.3, 0.4) is 0 Å². The van der Waals surface area contributed by atoms with Gasteiger partial charge < -0.3 is 14.8 Å². The van der Waals surface area contributed by atoms with Crippen LogP contribution in [0.2, 0.25) is 0 Å². The summed E-state index contributed by atoms with van der Waals surface area (Å²) in [5.41, 5.74) is 1.55. The highest BCUT2D eigenvalue weighted by Crippen LogP contribution is 2.37. The van der Waals surface area contributed by atoms with Crippen LogP contribution in [0.4, 0.5) is 4.39 Å². The van der Waals surface area contributed by atoms with Crippen LogP contribution in [0.25, 0.3) is 0 Å². The predicted octanol–water partition coefficient (Wildman–Crippen LogP) is 4.39. The van der Waals surface area contributed by atoms with Gasteiger partial charge in [-0.25, -0.2) is 9.07 Å². The maximum Gasteiger partial charge on any atom is 0.209 e. The van der Waals surface area contributed by atoms with Crippen molar-refractivity contribution in [2.45, 2.75) is 24.7 Å². The van der Waals surface area contributed by atoms with Gasteiger partial charge in [0.1, 0.15) is 12.4 Å². The molecule has 0 aliphatic rings. The third-order valence-electron chi connectivity index (χ3n) is 4.26. The highest BCUT2D eigenvalue weighted by molar-refractivity contribution is 9.10. The highest BCUT2D eigenvalue weighted by atomic mass is 79.9. The van der Waals surface area contributed by atoms with E-state index in [9.17, 15) is 4.39 Å². The minimum Gasteiger partial charge on any atom is -0.493 e. The van der Waals surface area contributed by atoms with Gasteiger partial charge >= 0.3 is 0 Å². The van der Waals surface area contributed by atoms with E-state index < -0.39 is 0 Å². The topological polar surface area (TPSA) is 74.1 Å². The number of hydrogen-bond acceptors (Lipinski definition) is 7. The standard InChI is InChI=1S/C20H23BrFN5O2S.ClH/c1-27-20(24-25-26-27)30-9-5-8-23-12-14-10-16(21)19(18(11-14)28-2)29-13-15-6-3-4-7-17(15)22;/h3-4,6-7,10-11,23H,5,8-9,12-13H2,1-2H3;1H. The molecule has 0 saturated heterocycles. The normalized spacial score (nSPS) is 10.6. The highest BCUT2D eigenvalue weighted by Gasteiger charge is 2.13. The molecular weight excluding hydrogens is 509 g/mol. The van der Waals surface area contributed by atoms with Crippen LogP contribution in [0.15, 0.2) is 46.0 Å². The number of tetrazole rings is 1. The van der Waals surface area contributed by atoms with E-state index in [4.69, 9.17) is 9.47 Å². The van der Waals surface area contributed by atoms with Crippen molar-refractivity contribution in [3.05, 3.63) is 57.8 Å². The average Bonchev–Trinajstić information content (AvgIpc) is 3.15. The average molecular weight is 533 g/mol. The fourth-order valence-electron chi connectivity index (χ4n) is 2.72. The van der Waals surface area contributed by atoms with Crippen LogP contribution in [0.1, 0.15) is 17.5 Å². The lowest BCUT2D eigenvalue weighted by Crippen LogP contribution is -2.15. The quantitative estimate of drug-likeness (QED) is 0.290. The predicted molar refractivity (Wildman–Crippen MR) is 125 cm³/mol. The second-order valence-electron chi connectivity index (χ2n) is 6.45. The molecule has 0 saturated carbocycles. The molecule has 11 heteroatoms. The zero-order valence-electron chi connectivity index (χ0n) is 17.2. The lowest BCUT2D eigenvalue weighted by Gasteiger charge is -2.15. The van der Waals surface area contributed by atoms with E-state index in [1.807, 2.05) is 19.2 Å². The first-order valence-electron chi connectivity index (χ1n) is 9.37. The van der Waals surface area contributed by atoms with Crippen LogP contribution >= 0.6 is 40.1 Å².